The zero-order valence-corrected chi connectivity index (χ0v) is 10.0. The molecule has 2 aromatic rings. The molecule has 1 heterocycles. The Kier molecular flexibility index (Phi) is 2.51. The van der Waals surface area contributed by atoms with Crippen molar-refractivity contribution < 1.29 is 4.57 Å². The zero-order chi connectivity index (χ0) is 11.0. The highest BCUT2D eigenvalue weighted by Gasteiger charge is 2.18. The van der Waals surface area contributed by atoms with Gasteiger partial charge in [0.1, 0.15) is 0 Å². The van der Waals surface area contributed by atoms with Crippen LogP contribution in [0.4, 0.5) is 0 Å². The molecule has 1 aromatic carbocycles. The first kappa shape index (κ1) is 10.2. The average molecular weight is 203 g/mol. The van der Waals surface area contributed by atoms with Crippen LogP contribution in [0.3, 0.4) is 0 Å². The highest BCUT2D eigenvalue weighted by Crippen LogP contribution is 2.15. The lowest BCUT2D eigenvalue weighted by Gasteiger charge is -1.94. The van der Waals surface area contributed by atoms with Crippen molar-refractivity contribution >= 4 is 11.0 Å². The molecule has 15 heavy (non-hydrogen) atoms. The predicted molar refractivity (Wildman–Crippen MR) is 62.8 cm³/mol. The van der Waals surface area contributed by atoms with Crippen LogP contribution in [0.1, 0.15) is 24.7 Å². The smallest absolute Gasteiger partial charge is 0.230 e. The number of aromatic nitrogens is 2. The van der Waals surface area contributed by atoms with Gasteiger partial charge in [-0.1, -0.05) is 13.0 Å². The van der Waals surface area contributed by atoms with Crippen LogP contribution in [-0.4, -0.2) is 4.57 Å². The maximum Gasteiger partial charge on any atom is 0.256 e. The largest absolute Gasteiger partial charge is 0.256 e. The van der Waals surface area contributed by atoms with E-state index in [0.29, 0.717) is 0 Å². The Morgan fingerprint density at radius 3 is 2.73 bits per heavy atom. The van der Waals surface area contributed by atoms with E-state index < -0.39 is 0 Å². The van der Waals surface area contributed by atoms with Gasteiger partial charge in [0.25, 0.3) is 5.82 Å². The van der Waals surface area contributed by atoms with Crippen LogP contribution in [0.25, 0.3) is 11.0 Å². The molecule has 0 saturated heterocycles. The zero-order valence-electron chi connectivity index (χ0n) is 10.0. The van der Waals surface area contributed by atoms with Crippen molar-refractivity contribution in [2.24, 2.45) is 14.1 Å². The summed E-state index contributed by atoms with van der Waals surface area (Å²) in [6.07, 6.45) is 2.33. The lowest BCUT2D eigenvalue weighted by atomic mass is 10.2. The molecule has 80 valence electrons. The van der Waals surface area contributed by atoms with Crippen LogP contribution < -0.4 is 4.57 Å². The number of hydrogen-bond donors (Lipinski definition) is 0. The fourth-order valence-electron chi connectivity index (χ4n) is 2.25. The van der Waals surface area contributed by atoms with Gasteiger partial charge >= 0.3 is 0 Å². The summed E-state index contributed by atoms with van der Waals surface area (Å²) in [4.78, 5) is 0. The molecule has 0 saturated carbocycles. The van der Waals surface area contributed by atoms with E-state index in [4.69, 9.17) is 0 Å². The summed E-state index contributed by atoms with van der Waals surface area (Å²) in [5.41, 5.74) is 3.99. The van der Waals surface area contributed by atoms with Crippen molar-refractivity contribution in [1.29, 1.82) is 0 Å². The third-order valence-corrected chi connectivity index (χ3v) is 3.10. The van der Waals surface area contributed by atoms with Crippen molar-refractivity contribution in [3.8, 4) is 0 Å². The summed E-state index contributed by atoms with van der Waals surface area (Å²) in [6.45, 7) is 4.37. The quantitative estimate of drug-likeness (QED) is 0.662. The van der Waals surface area contributed by atoms with Crippen molar-refractivity contribution in [2.45, 2.75) is 26.7 Å². The van der Waals surface area contributed by atoms with Crippen LogP contribution in [0.15, 0.2) is 18.2 Å². The number of fused-ring (bicyclic) bond motifs is 1. The molecular formula is C13H19N2+. The minimum absolute atomic E-state index is 1.14. The molecule has 0 bridgehead atoms. The summed E-state index contributed by atoms with van der Waals surface area (Å²) in [5.74, 6) is 1.40. The first-order valence-corrected chi connectivity index (χ1v) is 5.59. The molecule has 0 spiro atoms. The first-order valence-electron chi connectivity index (χ1n) is 5.59. The molecule has 0 fully saturated rings. The van der Waals surface area contributed by atoms with E-state index in [2.05, 4.69) is 55.3 Å². The molecule has 0 aliphatic rings. The fourth-order valence-corrected chi connectivity index (χ4v) is 2.25. The maximum atomic E-state index is 2.31. The maximum absolute atomic E-state index is 2.31. The number of benzene rings is 1. The first-order chi connectivity index (χ1) is 7.15. The van der Waals surface area contributed by atoms with E-state index in [0.717, 1.165) is 6.42 Å². The molecule has 0 aliphatic heterocycles. The van der Waals surface area contributed by atoms with Gasteiger partial charge in [0.15, 0.2) is 11.0 Å². The molecule has 0 amide bonds. The summed E-state index contributed by atoms with van der Waals surface area (Å²) in [6, 6.07) is 6.65. The summed E-state index contributed by atoms with van der Waals surface area (Å²) < 4.78 is 4.62. The van der Waals surface area contributed by atoms with Gasteiger partial charge in [-0.25, -0.2) is 9.13 Å². The predicted octanol–water partition coefficient (Wildman–Crippen LogP) is 2.26. The van der Waals surface area contributed by atoms with Gasteiger partial charge in [-0.3, -0.25) is 0 Å². The van der Waals surface area contributed by atoms with Gasteiger partial charge in [-0.2, -0.15) is 0 Å². The lowest BCUT2D eigenvalue weighted by Crippen LogP contribution is -2.32. The summed E-state index contributed by atoms with van der Waals surface area (Å²) >= 11 is 0. The van der Waals surface area contributed by atoms with Gasteiger partial charge < -0.3 is 0 Å². The second-order valence-electron chi connectivity index (χ2n) is 4.28. The minimum Gasteiger partial charge on any atom is -0.230 e. The van der Waals surface area contributed by atoms with Gasteiger partial charge in [0.2, 0.25) is 0 Å². The van der Waals surface area contributed by atoms with Crippen LogP contribution in [-0.2, 0) is 20.5 Å². The van der Waals surface area contributed by atoms with Crippen LogP contribution in [0, 0.1) is 6.92 Å². The van der Waals surface area contributed by atoms with Gasteiger partial charge in [-0.05, 0) is 31.0 Å². The Labute approximate surface area is 91.2 Å². The molecule has 0 aliphatic carbocycles. The number of hydrogen-bond acceptors (Lipinski definition) is 0. The van der Waals surface area contributed by atoms with E-state index in [1.807, 2.05) is 0 Å². The highest BCUT2D eigenvalue weighted by molar-refractivity contribution is 5.73. The van der Waals surface area contributed by atoms with E-state index in [9.17, 15) is 0 Å². The molecule has 2 rings (SSSR count). The molecule has 0 unspecified atom stereocenters. The van der Waals surface area contributed by atoms with Crippen molar-refractivity contribution in [3.63, 3.8) is 0 Å². The third-order valence-electron chi connectivity index (χ3n) is 3.10. The Bertz CT molecular complexity index is 495. The second-order valence-corrected chi connectivity index (χ2v) is 4.28. The molecular weight excluding hydrogens is 184 g/mol. The van der Waals surface area contributed by atoms with Crippen molar-refractivity contribution in [3.05, 3.63) is 29.6 Å². The number of rotatable bonds is 2. The highest BCUT2D eigenvalue weighted by atomic mass is 15.1. The van der Waals surface area contributed by atoms with E-state index in [-0.39, 0.29) is 0 Å². The summed E-state index contributed by atoms with van der Waals surface area (Å²) in [5, 5.41) is 0. The Morgan fingerprint density at radius 2 is 2.07 bits per heavy atom. The second kappa shape index (κ2) is 3.69. The number of nitrogens with zero attached hydrogens (tertiary/aromatic N) is 2. The SMILES string of the molecule is CCCc1n(C)c2cc(C)ccc2[n+]1C. The van der Waals surface area contributed by atoms with E-state index >= 15 is 0 Å². The molecule has 0 N–H and O–H groups in total. The van der Waals surface area contributed by atoms with E-state index in [1.54, 1.807) is 0 Å². The van der Waals surface area contributed by atoms with Gasteiger partial charge in [0.05, 0.1) is 14.1 Å². The minimum atomic E-state index is 1.14. The van der Waals surface area contributed by atoms with Crippen LogP contribution in [0.2, 0.25) is 0 Å². The molecule has 1 aromatic heterocycles. The molecule has 2 nitrogen and oxygen atoms in total. The Hall–Kier alpha value is -1.31. The summed E-state index contributed by atoms with van der Waals surface area (Å²) in [7, 11) is 4.31. The normalized spacial score (nSPS) is 11.2. The van der Waals surface area contributed by atoms with Gasteiger partial charge in [0, 0.05) is 6.42 Å². The lowest BCUT2D eigenvalue weighted by molar-refractivity contribution is -0.654. The van der Waals surface area contributed by atoms with Crippen LogP contribution >= 0.6 is 0 Å². The molecule has 0 radical (unpaired) electrons. The molecule has 2 heteroatoms. The Balaban J connectivity index is 2.73. The van der Waals surface area contributed by atoms with Gasteiger partial charge in [-0.15, -0.1) is 0 Å². The molecule has 0 atom stereocenters. The Morgan fingerprint density at radius 1 is 1.33 bits per heavy atom. The van der Waals surface area contributed by atoms with Crippen molar-refractivity contribution in [1.82, 2.24) is 4.57 Å². The van der Waals surface area contributed by atoms with Crippen LogP contribution in [0.5, 0.6) is 0 Å². The monoisotopic (exact) mass is 203 g/mol. The van der Waals surface area contributed by atoms with E-state index in [1.165, 1.54) is 28.8 Å². The third kappa shape index (κ3) is 1.54. The standard InChI is InChI=1S/C13H19N2/c1-5-6-13-14(3)11-8-7-10(2)9-12(11)15(13)4/h7-9H,5-6H2,1-4H3/q+1. The topological polar surface area (TPSA) is 8.81 Å². The fraction of sp³-hybridized carbons (Fsp3) is 0.462. The average Bonchev–Trinajstić information content (AvgIpc) is 2.44. The number of aryl methyl sites for hydroxylation is 3. The van der Waals surface area contributed by atoms with Crippen molar-refractivity contribution in [2.75, 3.05) is 0 Å². The number of imidazole rings is 1.